The highest BCUT2D eigenvalue weighted by atomic mass is 32.1. The van der Waals surface area contributed by atoms with E-state index in [1.807, 2.05) is 27.7 Å². The van der Waals surface area contributed by atoms with Gasteiger partial charge >= 0.3 is 11.2 Å². The highest BCUT2D eigenvalue weighted by Gasteiger charge is 2.70. The van der Waals surface area contributed by atoms with Crippen molar-refractivity contribution in [1.29, 1.82) is 0 Å². The van der Waals surface area contributed by atoms with Crippen LogP contribution in [-0.2, 0) is 19.0 Å². The third-order valence-corrected chi connectivity index (χ3v) is 4.13. The molecule has 4 nitrogen and oxygen atoms in total. The Morgan fingerprint density at radius 2 is 1.94 bits per heavy atom. The minimum absolute atomic E-state index is 0.0883. The van der Waals surface area contributed by atoms with Crippen LogP contribution in [0.3, 0.4) is 0 Å². The quantitative estimate of drug-likeness (QED) is 0.559. The summed E-state index contributed by atoms with van der Waals surface area (Å²) in [6, 6.07) is 0. The summed E-state index contributed by atoms with van der Waals surface area (Å²) >= 11 is 4.94. The summed E-state index contributed by atoms with van der Waals surface area (Å²) in [4.78, 5) is 11.7. The van der Waals surface area contributed by atoms with Gasteiger partial charge in [-0.05, 0) is 19.3 Å². The van der Waals surface area contributed by atoms with Crippen molar-refractivity contribution in [3.05, 3.63) is 0 Å². The van der Waals surface area contributed by atoms with Crippen molar-refractivity contribution in [3.8, 4) is 0 Å². The summed E-state index contributed by atoms with van der Waals surface area (Å²) in [6.45, 7) is 7.94. The molecular formula is C12H18O4S. The number of hydrogen-bond donors (Lipinski definition) is 0. The van der Waals surface area contributed by atoms with Crippen molar-refractivity contribution in [2.45, 2.75) is 39.4 Å². The first-order valence-corrected chi connectivity index (χ1v) is 6.10. The maximum atomic E-state index is 11.7. The summed E-state index contributed by atoms with van der Waals surface area (Å²) in [5, 5.41) is 0.173. The molecule has 0 spiro atoms. The second-order valence-electron chi connectivity index (χ2n) is 5.84. The summed E-state index contributed by atoms with van der Waals surface area (Å²) in [6.07, 6.45) is -0.186. The van der Waals surface area contributed by atoms with Crippen LogP contribution in [0.1, 0.15) is 27.7 Å². The number of methoxy groups -OCH3 is 1. The Balaban J connectivity index is 2.20. The zero-order chi connectivity index (χ0) is 13.0. The molecule has 0 unspecified atom stereocenters. The second kappa shape index (κ2) is 3.57. The molecule has 0 aromatic rings. The van der Waals surface area contributed by atoms with Crippen molar-refractivity contribution >= 4 is 23.4 Å². The van der Waals surface area contributed by atoms with Gasteiger partial charge in [0.1, 0.15) is 11.7 Å². The molecule has 1 aliphatic carbocycles. The minimum Gasteiger partial charge on any atom is -0.469 e. The standard InChI is InChI=1S/C12H18O4S/c1-11(2)6(7(11)9(13)14-5)8-12(3,4)16-10(17)15-8/h6-8H,1-5H3/t6-,7-,8+/m0/s1. The second-order valence-corrected chi connectivity index (χ2v) is 6.18. The molecule has 0 aromatic heterocycles. The average Bonchev–Trinajstić information content (AvgIpc) is 2.63. The van der Waals surface area contributed by atoms with E-state index in [9.17, 15) is 4.79 Å². The Labute approximate surface area is 107 Å². The third-order valence-electron chi connectivity index (χ3n) is 3.95. The summed E-state index contributed by atoms with van der Waals surface area (Å²) < 4.78 is 15.9. The lowest BCUT2D eigenvalue weighted by molar-refractivity contribution is -0.143. The number of hydrogen-bond acceptors (Lipinski definition) is 5. The highest BCUT2D eigenvalue weighted by molar-refractivity contribution is 7.79. The number of carbonyl (C=O) groups is 1. The molecule has 0 bridgehead atoms. The monoisotopic (exact) mass is 258 g/mol. The third kappa shape index (κ3) is 1.80. The predicted molar refractivity (Wildman–Crippen MR) is 65.4 cm³/mol. The van der Waals surface area contributed by atoms with Crippen molar-refractivity contribution in [1.82, 2.24) is 0 Å². The van der Waals surface area contributed by atoms with E-state index >= 15 is 0 Å². The van der Waals surface area contributed by atoms with Crippen LogP contribution in [0.5, 0.6) is 0 Å². The summed E-state index contributed by atoms with van der Waals surface area (Å²) in [5.41, 5.74) is -0.611. The van der Waals surface area contributed by atoms with Crippen LogP contribution in [0.4, 0.5) is 0 Å². The van der Waals surface area contributed by atoms with Gasteiger partial charge in [-0.25, -0.2) is 0 Å². The number of ether oxygens (including phenoxy) is 3. The molecule has 2 aliphatic rings. The van der Waals surface area contributed by atoms with Crippen LogP contribution in [0.15, 0.2) is 0 Å². The van der Waals surface area contributed by atoms with Crippen molar-refractivity contribution in [2.24, 2.45) is 17.3 Å². The molecule has 0 N–H and O–H groups in total. The fourth-order valence-electron chi connectivity index (χ4n) is 2.87. The number of carbonyl (C=O) groups excluding carboxylic acids is 1. The van der Waals surface area contributed by atoms with E-state index in [2.05, 4.69) is 0 Å². The van der Waals surface area contributed by atoms with E-state index in [-0.39, 0.29) is 34.6 Å². The zero-order valence-electron chi connectivity index (χ0n) is 10.8. The van der Waals surface area contributed by atoms with Gasteiger partial charge in [0, 0.05) is 18.1 Å². The average molecular weight is 258 g/mol. The van der Waals surface area contributed by atoms with Crippen LogP contribution in [0.2, 0.25) is 0 Å². The molecular weight excluding hydrogens is 240 g/mol. The van der Waals surface area contributed by atoms with E-state index in [4.69, 9.17) is 26.4 Å². The molecule has 3 atom stereocenters. The van der Waals surface area contributed by atoms with Crippen molar-refractivity contribution in [2.75, 3.05) is 7.11 Å². The van der Waals surface area contributed by atoms with Gasteiger partial charge in [0.2, 0.25) is 0 Å². The molecule has 17 heavy (non-hydrogen) atoms. The minimum atomic E-state index is -0.484. The van der Waals surface area contributed by atoms with E-state index in [1.54, 1.807) is 0 Å². The van der Waals surface area contributed by atoms with E-state index in [0.717, 1.165) is 0 Å². The normalized spacial score (nSPS) is 37.0. The first kappa shape index (κ1) is 12.6. The van der Waals surface area contributed by atoms with Gasteiger partial charge in [0.05, 0.1) is 13.0 Å². The van der Waals surface area contributed by atoms with Crippen LogP contribution in [-0.4, -0.2) is 30.0 Å². The molecule has 1 heterocycles. The zero-order valence-corrected chi connectivity index (χ0v) is 11.6. The molecule has 1 saturated heterocycles. The van der Waals surface area contributed by atoms with Gasteiger partial charge in [-0.2, -0.15) is 0 Å². The Hall–Kier alpha value is -0.840. The molecule has 2 fully saturated rings. The van der Waals surface area contributed by atoms with Crippen molar-refractivity contribution in [3.63, 3.8) is 0 Å². The topological polar surface area (TPSA) is 44.8 Å². The van der Waals surface area contributed by atoms with E-state index < -0.39 is 5.60 Å². The van der Waals surface area contributed by atoms with Gasteiger partial charge in [-0.15, -0.1) is 0 Å². The van der Waals surface area contributed by atoms with Crippen LogP contribution < -0.4 is 0 Å². The molecule has 2 rings (SSSR count). The van der Waals surface area contributed by atoms with Gasteiger partial charge in [-0.3, -0.25) is 4.79 Å². The fraction of sp³-hybridized carbons (Fsp3) is 0.833. The van der Waals surface area contributed by atoms with Crippen LogP contribution in [0.25, 0.3) is 0 Å². The molecule has 1 saturated carbocycles. The molecule has 96 valence electrons. The largest absolute Gasteiger partial charge is 0.469 e. The van der Waals surface area contributed by atoms with Crippen molar-refractivity contribution < 1.29 is 19.0 Å². The van der Waals surface area contributed by atoms with E-state index in [1.165, 1.54) is 7.11 Å². The van der Waals surface area contributed by atoms with Gasteiger partial charge in [0.15, 0.2) is 0 Å². The Kier molecular flexibility index (Phi) is 2.65. The smallest absolute Gasteiger partial charge is 0.353 e. The summed E-state index contributed by atoms with van der Waals surface area (Å²) in [5.74, 6) is -0.233. The Morgan fingerprint density at radius 3 is 2.35 bits per heavy atom. The lowest BCUT2D eigenvalue weighted by Crippen LogP contribution is -2.36. The number of rotatable bonds is 2. The Bertz CT molecular complexity index is 375. The highest BCUT2D eigenvalue weighted by Crippen LogP contribution is 2.63. The van der Waals surface area contributed by atoms with Gasteiger partial charge in [0.25, 0.3) is 0 Å². The Morgan fingerprint density at radius 1 is 1.35 bits per heavy atom. The first-order chi connectivity index (χ1) is 7.71. The first-order valence-electron chi connectivity index (χ1n) is 5.69. The van der Waals surface area contributed by atoms with Gasteiger partial charge in [-0.1, -0.05) is 13.8 Å². The maximum Gasteiger partial charge on any atom is 0.353 e. The maximum absolute atomic E-state index is 11.7. The van der Waals surface area contributed by atoms with Gasteiger partial charge < -0.3 is 14.2 Å². The van der Waals surface area contributed by atoms with E-state index in [0.29, 0.717) is 0 Å². The molecule has 0 radical (unpaired) electrons. The predicted octanol–water partition coefficient (Wildman–Crippen LogP) is 1.91. The fourth-order valence-corrected chi connectivity index (χ4v) is 3.19. The molecule has 1 aliphatic heterocycles. The molecule has 5 heteroatoms. The molecule has 0 amide bonds. The lowest BCUT2D eigenvalue weighted by Gasteiger charge is -2.23. The number of esters is 1. The summed E-state index contributed by atoms with van der Waals surface area (Å²) in [7, 11) is 1.41. The SMILES string of the molecule is COC(=O)[C@@H]1[C@@H]([C@H]2OC(=S)OC2(C)C)C1(C)C. The van der Waals surface area contributed by atoms with Crippen LogP contribution >= 0.6 is 12.2 Å². The number of thiocarbonyl (C=S) groups is 1. The molecule has 0 aromatic carbocycles. The van der Waals surface area contributed by atoms with Crippen LogP contribution in [0, 0.1) is 17.3 Å². The lowest BCUT2D eigenvalue weighted by atomic mass is 9.93.